The van der Waals surface area contributed by atoms with Crippen LogP contribution in [0.1, 0.15) is 25.5 Å². The Morgan fingerprint density at radius 2 is 2.32 bits per heavy atom. The Morgan fingerprint density at radius 1 is 1.42 bits per heavy atom. The number of nitrogens with zero attached hydrogens (tertiary/aromatic N) is 3. The molecule has 4 heterocycles. The molecule has 2 saturated heterocycles. The molecule has 1 N–H and O–H groups in total. The highest BCUT2D eigenvalue weighted by molar-refractivity contribution is 5.98. The molecule has 0 saturated carbocycles. The number of morpholine rings is 1. The van der Waals surface area contributed by atoms with Crippen molar-refractivity contribution in [3.05, 3.63) is 11.9 Å². The summed E-state index contributed by atoms with van der Waals surface area (Å²) in [6.07, 6.45) is 3.65. The number of carbonyl (C=O) groups excluding carboxylic acids is 1. The van der Waals surface area contributed by atoms with Crippen LogP contribution in [0.3, 0.4) is 0 Å². The molecule has 0 aliphatic carbocycles. The van der Waals surface area contributed by atoms with E-state index in [-0.39, 0.29) is 18.1 Å². The molecule has 3 atom stereocenters. The van der Waals surface area contributed by atoms with Crippen LogP contribution in [-0.4, -0.2) is 40.5 Å². The van der Waals surface area contributed by atoms with Crippen molar-refractivity contribution in [1.29, 1.82) is 0 Å². The number of rotatable bonds is 1. The van der Waals surface area contributed by atoms with E-state index in [1.54, 1.807) is 0 Å². The first-order valence-electron chi connectivity index (χ1n) is 6.97. The Hall–Kier alpha value is -1.40. The first-order chi connectivity index (χ1) is 9.22. The summed E-state index contributed by atoms with van der Waals surface area (Å²) in [7, 11) is 0. The second-order valence-corrected chi connectivity index (χ2v) is 5.71. The highest BCUT2D eigenvalue weighted by Gasteiger charge is 2.42. The zero-order valence-corrected chi connectivity index (χ0v) is 11.0. The van der Waals surface area contributed by atoms with E-state index in [0.29, 0.717) is 12.6 Å². The Morgan fingerprint density at radius 3 is 3.21 bits per heavy atom. The van der Waals surface area contributed by atoms with Gasteiger partial charge in [0, 0.05) is 12.6 Å². The van der Waals surface area contributed by atoms with Gasteiger partial charge >= 0.3 is 0 Å². The van der Waals surface area contributed by atoms with Crippen molar-refractivity contribution < 1.29 is 9.53 Å². The largest absolute Gasteiger partial charge is 0.363 e. The summed E-state index contributed by atoms with van der Waals surface area (Å²) in [6, 6.07) is 0.428. The molecule has 6 nitrogen and oxygen atoms in total. The number of nitrogens with one attached hydrogen (secondary N) is 1. The lowest BCUT2D eigenvalue weighted by molar-refractivity contribution is -0.133. The van der Waals surface area contributed by atoms with E-state index < -0.39 is 0 Å². The van der Waals surface area contributed by atoms with Gasteiger partial charge in [-0.1, -0.05) is 0 Å². The minimum atomic E-state index is -0.232. The van der Waals surface area contributed by atoms with E-state index in [0.717, 1.165) is 37.3 Å². The molecule has 102 valence electrons. The first kappa shape index (κ1) is 11.4. The summed E-state index contributed by atoms with van der Waals surface area (Å²) in [5.41, 5.74) is 2.08. The lowest BCUT2D eigenvalue weighted by Gasteiger charge is -2.32. The number of amides is 1. The van der Waals surface area contributed by atoms with Crippen LogP contribution in [0.5, 0.6) is 0 Å². The molecule has 1 aromatic rings. The fraction of sp³-hybridized carbons (Fsp3) is 0.692. The fourth-order valence-corrected chi connectivity index (χ4v) is 3.27. The van der Waals surface area contributed by atoms with Crippen molar-refractivity contribution in [2.75, 3.05) is 11.4 Å². The fourth-order valence-electron chi connectivity index (χ4n) is 3.27. The van der Waals surface area contributed by atoms with Crippen molar-refractivity contribution in [2.24, 2.45) is 0 Å². The van der Waals surface area contributed by atoms with Gasteiger partial charge in [-0.25, -0.2) is 0 Å². The molecule has 1 aromatic heterocycles. The minimum Gasteiger partial charge on any atom is -0.363 e. The second-order valence-electron chi connectivity index (χ2n) is 5.71. The maximum absolute atomic E-state index is 12.4. The molecule has 2 bridgehead atoms. The molecule has 0 radical (unpaired) electrons. The average molecular weight is 262 g/mol. The second kappa shape index (κ2) is 4.05. The van der Waals surface area contributed by atoms with Crippen LogP contribution in [0.2, 0.25) is 0 Å². The smallest absolute Gasteiger partial charge is 0.256 e. The average Bonchev–Trinajstić information content (AvgIpc) is 2.98. The van der Waals surface area contributed by atoms with Crippen LogP contribution in [-0.2, 0) is 22.6 Å². The van der Waals surface area contributed by atoms with Crippen LogP contribution in [0.25, 0.3) is 0 Å². The third kappa shape index (κ3) is 1.70. The highest BCUT2D eigenvalue weighted by Crippen LogP contribution is 2.32. The lowest BCUT2D eigenvalue weighted by Crippen LogP contribution is -2.48. The Bertz CT molecular complexity index is 527. The molecule has 1 amide bonds. The molecule has 3 aliphatic rings. The summed E-state index contributed by atoms with van der Waals surface area (Å²) in [5, 5.41) is 7.86. The van der Waals surface area contributed by atoms with E-state index >= 15 is 0 Å². The highest BCUT2D eigenvalue weighted by atomic mass is 16.5. The number of aromatic nitrogens is 2. The maximum atomic E-state index is 12.4. The molecule has 2 fully saturated rings. The molecule has 2 unspecified atom stereocenters. The van der Waals surface area contributed by atoms with Gasteiger partial charge in [0.15, 0.2) is 0 Å². The lowest BCUT2D eigenvalue weighted by atomic mass is 10.2. The van der Waals surface area contributed by atoms with Crippen LogP contribution in [0.4, 0.5) is 5.69 Å². The summed E-state index contributed by atoms with van der Waals surface area (Å²) < 4.78 is 7.68. The normalized spacial score (nSPS) is 33.6. The monoisotopic (exact) mass is 262 g/mol. The van der Waals surface area contributed by atoms with Gasteiger partial charge in [0.2, 0.25) is 0 Å². The van der Waals surface area contributed by atoms with Crippen molar-refractivity contribution >= 4 is 11.6 Å². The van der Waals surface area contributed by atoms with Crippen LogP contribution in [0.15, 0.2) is 6.20 Å². The molecule has 3 aliphatic heterocycles. The van der Waals surface area contributed by atoms with Crippen molar-refractivity contribution in [2.45, 2.75) is 51.1 Å². The SMILES string of the molecule is C[C@H]1Cn2ncc(N3CC4CCC(O4)C3=O)c2CN1. The summed E-state index contributed by atoms with van der Waals surface area (Å²) in [6.45, 7) is 4.45. The summed E-state index contributed by atoms with van der Waals surface area (Å²) in [4.78, 5) is 14.3. The predicted molar refractivity (Wildman–Crippen MR) is 68.8 cm³/mol. The minimum absolute atomic E-state index is 0.100. The van der Waals surface area contributed by atoms with E-state index in [1.165, 1.54) is 0 Å². The molecule has 6 heteroatoms. The molecule has 4 rings (SSSR count). The molecule has 19 heavy (non-hydrogen) atoms. The van der Waals surface area contributed by atoms with Gasteiger partial charge in [-0.3, -0.25) is 9.48 Å². The van der Waals surface area contributed by atoms with Gasteiger partial charge in [-0.05, 0) is 19.8 Å². The zero-order valence-electron chi connectivity index (χ0n) is 11.0. The maximum Gasteiger partial charge on any atom is 0.256 e. The zero-order chi connectivity index (χ0) is 13.0. The number of fused-ring (bicyclic) bond motifs is 3. The Kier molecular flexibility index (Phi) is 2.43. The quantitative estimate of drug-likeness (QED) is 0.789. The van der Waals surface area contributed by atoms with Crippen molar-refractivity contribution in [1.82, 2.24) is 15.1 Å². The summed E-state index contributed by atoms with van der Waals surface area (Å²) in [5.74, 6) is 0.100. The molecular weight excluding hydrogens is 244 g/mol. The number of anilines is 1. The first-order valence-corrected chi connectivity index (χ1v) is 6.97. The Labute approximate surface area is 111 Å². The van der Waals surface area contributed by atoms with Crippen LogP contribution >= 0.6 is 0 Å². The number of hydrogen-bond acceptors (Lipinski definition) is 4. The van der Waals surface area contributed by atoms with Gasteiger partial charge in [-0.15, -0.1) is 0 Å². The van der Waals surface area contributed by atoms with E-state index in [9.17, 15) is 4.79 Å². The number of carbonyl (C=O) groups is 1. The van der Waals surface area contributed by atoms with E-state index in [2.05, 4.69) is 17.3 Å². The third-order valence-electron chi connectivity index (χ3n) is 4.32. The Balaban J connectivity index is 1.68. The number of hydrogen-bond donors (Lipinski definition) is 1. The standard InChI is InChI=1S/C13H18N4O2/c1-8-6-17-11(4-14-8)10(5-15-17)16-7-9-2-3-12(19-9)13(16)18/h5,8-9,12,14H,2-4,6-7H2,1H3/t8-,9?,12?/m0/s1. The van der Waals surface area contributed by atoms with Gasteiger partial charge in [-0.2, -0.15) is 5.10 Å². The van der Waals surface area contributed by atoms with Gasteiger partial charge in [0.25, 0.3) is 5.91 Å². The molecular formula is C13H18N4O2. The summed E-state index contributed by atoms with van der Waals surface area (Å²) >= 11 is 0. The van der Waals surface area contributed by atoms with E-state index in [4.69, 9.17) is 4.74 Å². The topological polar surface area (TPSA) is 59.4 Å². The molecule has 0 spiro atoms. The van der Waals surface area contributed by atoms with Gasteiger partial charge in [0.05, 0.1) is 36.8 Å². The van der Waals surface area contributed by atoms with Gasteiger partial charge < -0.3 is 15.0 Å². The van der Waals surface area contributed by atoms with Crippen molar-refractivity contribution in [3.8, 4) is 0 Å². The van der Waals surface area contributed by atoms with Crippen LogP contribution in [0, 0.1) is 0 Å². The molecule has 0 aromatic carbocycles. The van der Waals surface area contributed by atoms with Gasteiger partial charge in [0.1, 0.15) is 6.10 Å². The third-order valence-corrected chi connectivity index (χ3v) is 4.32. The van der Waals surface area contributed by atoms with E-state index in [1.807, 2.05) is 15.8 Å². The predicted octanol–water partition coefficient (Wildman–Crippen LogP) is 0.269. The van der Waals surface area contributed by atoms with Crippen molar-refractivity contribution in [3.63, 3.8) is 0 Å². The number of ether oxygens (including phenoxy) is 1. The van der Waals surface area contributed by atoms with Crippen LogP contribution < -0.4 is 10.2 Å².